The average molecular weight is 265 g/mol. The van der Waals surface area contributed by atoms with Crippen LogP contribution in [0.15, 0.2) is 18.2 Å². The van der Waals surface area contributed by atoms with Gasteiger partial charge in [0.25, 0.3) is 0 Å². The minimum Gasteiger partial charge on any atom is -0.492 e. The Balaban J connectivity index is 3.06. The first-order valence-corrected chi connectivity index (χ1v) is 6.50. The zero-order valence-electron chi connectivity index (χ0n) is 11.8. The van der Waals surface area contributed by atoms with Gasteiger partial charge in [-0.1, -0.05) is 19.9 Å². The zero-order chi connectivity index (χ0) is 14.4. The van der Waals surface area contributed by atoms with E-state index in [1.54, 1.807) is 0 Å². The van der Waals surface area contributed by atoms with Gasteiger partial charge in [0.1, 0.15) is 5.75 Å². The molecule has 0 aliphatic carbocycles. The zero-order valence-corrected chi connectivity index (χ0v) is 11.8. The van der Waals surface area contributed by atoms with Crippen molar-refractivity contribution in [2.75, 3.05) is 30.3 Å². The number of rotatable bonds is 7. The highest BCUT2D eigenvalue weighted by molar-refractivity contribution is 5.83. The standard InChI is InChI=1S/C14H23N3O2/c1-4-19-12-7-5-6-11(14(12)16)17(8-10(2)3)9-13(15)18/h5-7,10H,4,8-9,16H2,1-3H3,(H2,15,18). The molecular formula is C14H23N3O2. The van der Waals surface area contributed by atoms with Gasteiger partial charge in [-0.2, -0.15) is 0 Å². The number of benzene rings is 1. The van der Waals surface area contributed by atoms with Crippen LogP contribution in [-0.2, 0) is 4.79 Å². The minimum atomic E-state index is -0.373. The Kier molecular flexibility index (Phi) is 5.48. The third-order valence-electron chi connectivity index (χ3n) is 2.62. The Morgan fingerprint density at radius 3 is 2.63 bits per heavy atom. The van der Waals surface area contributed by atoms with E-state index in [9.17, 15) is 4.79 Å². The van der Waals surface area contributed by atoms with Gasteiger partial charge in [-0.25, -0.2) is 0 Å². The SMILES string of the molecule is CCOc1cccc(N(CC(N)=O)CC(C)C)c1N. The number of nitrogens with two attached hydrogens (primary N) is 2. The molecule has 0 spiro atoms. The van der Waals surface area contributed by atoms with Crippen LogP contribution in [0.2, 0.25) is 0 Å². The molecule has 0 radical (unpaired) electrons. The molecule has 1 amide bonds. The molecule has 1 aromatic carbocycles. The summed E-state index contributed by atoms with van der Waals surface area (Å²) in [7, 11) is 0. The van der Waals surface area contributed by atoms with Crippen molar-refractivity contribution in [1.29, 1.82) is 0 Å². The van der Waals surface area contributed by atoms with E-state index in [0.29, 0.717) is 30.5 Å². The van der Waals surface area contributed by atoms with Gasteiger partial charge in [0.05, 0.1) is 24.5 Å². The number of ether oxygens (including phenoxy) is 1. The van der Waals surface area contributed by atoms with Crippen molar-refractivity contribution in [3.05, 3.63) is 18.2 Å². The van der Waals surface area contributed by atoms with Crippen molar-refractivity contribution in [3.8, 4) is 5.75 Å². The lowest BCUT2D eigenvalue weighted by atomic mass is 10.1. The molecule has 0 atom stereocenters. The van der Waals surface area contributed by atoms with Crippen LogP contribution < -0.4 is 21.1 Å². The summed E-state index contributed by atoms with van der Waals surface area (Å²) in [4.78, 5) is 13.1. The number of nitrogens with zero attached hydrogens (tertiary/aromatic N) is 1. The Labute approximate surface area is 114 Å². The molecule has 5 nitrogen and oxygen atoms in total. The fourth-order valence-corrected chi connectivity index (χ4v) is 1.97. The molecule has 5 heteroatoms. The van der Waals surface area contributed by atoms with Crippen molar-refractivity contribution in [1.82, 2.24) is 0 Å². The van der Waals surface area contributed by atoms with Crippen molar-refractivity contribution in [2.45, 2.75) is 20.8 Å². The summed E-state index contributed by atoms with van der Waals surface area (Å²) in [6.45, 7) is 7.48. The molecule has 1 aromatic rings. The molecule has 0 fully saturated rings. The quantitative estimate of drug-likeness (QED) is 0.734. The second-order valence-corrected chi connectivity index (χ2v) is 4.86. The van der Waals surface area contributed by atoms with Gasteiger partial charge in [-0.3, -0.25) is 4.79 Å². The smallest absolute Gasteiger partial charge is 0.236 e. The topological polar surface area (TPSA) is 81.6 Å². The number of anilines is 2. The first kappa shape index (κ1) is 15.1. The van der Waals surface area contributed by atoms with E-state index in [1.807, 2.05) is 30.0 Å². The number of carbonyl (C=O) groups is 1. The van der Waals surface area contributed by atoms with Crippen LogP contribution in [-0.4, -0.2) is 25.6 Å². The normalized spacial score (nSPS) is 10.5. The molecule has 0 unspecified atom stereocenters. The van der Waals surface area contributed by atoms with Crippen LogP contribution >= 0.6 is 0 Å². The lowest BCUT2D eigenvalue weighted by Gasteiger charge is -2.27. The van der Waals surface area contributed by atoms with Crippen LogP contribution in [0.1, 0.15) is 20.8 Å². The van der Waals surface area contributed by atoms with Gasteiger partial charge < -0.3 is 21.1 Å². The maximum absolute atomic E-state index is 11.2. The van der Waals surface area contributed by atoms with Crippen LogP contribution in [0, 0.1) is 5.92 Å². The molecule has 106 valence electrons. The maximum atomic E-state index is 11.2. The second kappa shape index (κ2) is 6.87. The van der Waals surface area contributed by atoms with E-state index in [4.69, 9.17) is 16.2 Å². The molecule has 4 N–H and O–H groups in total. The first-order valence-electron chi connectivity index (χ1n) is 6.50. The molecule has 0 aliphatic heterocycles. The average Bonchev–Trinajstić information content (AvgIpc) is 2.30. The summed E-state index contributed by atoms with van der Waals surface area (Å²) in [5.74, 6) is 0.662. The van der Waals surface area contributed by atoms with E-state index in [1.165, 1.54) is 0 Å². The molecule has 0 aliphatic rings. The molecule has 0 saturated carbocycles. The Hall–Kier alpha value is -1.91. The first-order chi connectivity index (χ1) is 8.95. The number of para-hydroxylation sites is 1. The highest BCUT2D eigenvalue weighted by atomic mass is 16.5. The number of hydrogen-bond donors (Lipinski definition) is 2. The van der Waals surface area contributed by atoms with E-state index in [0.717, 1.165) is 5.69 Å². The fourth-order valence-electron chi connectivity index (χ4n) is 1.97. The summed E-state index contributed by atoms with van der Waals surface area (Å²) < 4.78 is 5.47. The molecule has 0 aromatic heterocycles. The number of amides is 1. The molecule has 0 heterocycles. The monoisotopic (exact) mass is 265 g/mol. The van der Waals surface area contributed by atoms with Crippen LogP contribution in [0.5, 0.6) is 5.75 Å². The van der Waals surface area contributed by atoms with Crippen molar-refractivity contribution in [3.63, 3.8) is 0 Å². The molecule has 0 saturated heterocycles. The molecular weight excluding hydrogens is 242 g/mol. The summed E-state index contributed by atoms with van der Waals surface area (Å²) in [6.07, 6.45) is 0. The van der Waals surface area contributed by atoms with Gasteiger partial charge in [0.15, 0.2) is 0 Å². The van der Waals surface area contributed by atoms with E-state index in [-0.39, 0.29) is 12.5 Å². The highest BCUT2D eigenvalue weighted by Gasteiger charge is 2.16. The summed E-state index contributed by atoms with van der Waals surface area (Å²) in [6, 6.07) is 5.56. The minimum absolute atomic E-state index is 0.151. The van der Waals surface area contributed by atoms with E-state index in [2.05, 4.69) is 13.8 Å². The largest absolute Gasteiger partial charge is 0.492 e. The second-order valence-electron chi connectivity index (χ2n) is 4.86. The predicted octanol–water partition coefficient (Wildman–Crippen LogP) is 1.62. The third kappa shape index (κ3) is 4.35. The highest BCUT2D eigenvalue weighted by Crippen LogP contribution is 2.32. The molecule has 1 rings (SSSR count). The van der Waals surface area contributed by atoms with Crippen molar-refractivity contribution in [2.24, 2.45) is 11.7 Å². The number of hydrogen-bond acceptors (Lipinski definition) is 4. The lowest BCUT2D eigenvalue weighted by Crippen LogP contribution is -2.36. The third-order valence-corrected chi connectivity index (χ3v) is 2.62. The van der Waals surface area contributed by atoms with Gasteiger partial charge in [-0.05, 0) is 25.0 Å². The Morgan fingerprint density at radius 2 is 2.11 bits per heavy atom. The van der Waals surface area contributed by atoms with Crippen LogP contribution in [0.4, 0.5) is 11.4 Å². The fraction of sp³-hybridized carbons (Fsp3) is 0.500. The van der Waals surface area contributed by atoms with Gasteiger partial charge in [0.2, 0.25) is 5.91 Å². The van der Waals surface area contributed by atoms with Gasteiger partial charge in [-0.15, -0.1) is 0 Å². The number of nitrogen functional groups attached to an aromatic ring is 1. The van der Waals surface area contributed by atoms with Gasteiger partial charge >= 0.3 is 0 Å². The number of primary amides is 1. The van der Waals surface area contributed by atoms with Crippen LogP contribution in [0.3, 0.4) is 0 Å². The number of carbonyl (C=O) groups excluding carboxylic acids is 1. The van der Waals surface area contributed by atoms with Crippen molar-refractivity contribution >= 4 is 17.3 Å². The van der Waals surface area contributed by atoms with Crippen LogP contribution in [0.25, 0.3) is 0 Å². The predicted molar refractivity (Wildman–Crippen MR) is 78.3 cm³/mol. The van der Waals surface area contributed by atoms with Crippen molar-refractivity contribution < 1.29 is 9.53 Å². The maximum Gasteiger partial charge on any atom is 0.236 e. The Morgan fingerprint density at radius 1 is 1.42 bits per heavy atom. The van der Waals surface area contributed by atoms with Gasteiger partial charge in [0, 0.05) is 6.54 Å². The summed E-state index contributed by atoms with van der Waals surface area (Å²) in [5.41, 5.74) is 12.7. The molecule has 0 bridgehead atoms. The summed E-state index contributed by atoms with van der Waals surface area (Å²) in [5, 5.41) is 0. The Bertz CT molecular complexity index is 433. The molecule has 19 heavy (non-hydrogen) atoms. The lowest BCUT2D eigenvalue weighted by molar-refractivity contribution is -0.116. The summed E-state index contributed by atoms with van der Waals surface area (Å²) >= 11 is 0. The van der Waals surface area contributed by atoms with E-state index < -0.39 is 0 Å². The van der Waals surface area contributed by atoms with E-state index >= 15 is 0 Å².